The number of hydrogen-bond donors (Lipinski definition) is 1. The molecular formula is C22H21FN2O6S2. The molecule has 1 aromatic heterocycles. The molecule has 0 bridgehead atoms. The van der Waals surface area contributed by atoms with Gasteiger partial charge in [-0.3, -0.25) is 4.79 Å². The molecule has 0 saturated carbocycles. The minimum absolute atomic E-state index is 0.0457. The van der Waals surface area contributed by atoms with Crippen LogP contribution in [0, 0.1) is 5.82 Å². The Balaban J connectivity index is 1.42. The van der Waals surface area contributed by atoms with E-state index in [4.69, 9.17) is 9.47 Å². The Morgan fingerprint density at radius 2 is 1.91 bits per heavy atom. The Hall–Kier alpha value is -2.86. The molecule has 1 N–H and O–H groups in total. The molecule has 1 aliphatic rings. The predicted octanol–water partition coefficient (Wildman–Crippen LogP) is 3.25. The number of benzene rings is 2. The Kier molecular flexibility index (Phi) is 6.75. The first kappa shape index (κ1) is 23.3. The maximum absolute atomic E-state index is 13.4. The fraction of sp³-hybridized carbons (Fsp3) is 0.273. The number of morpholine rings is 1. The summed E-state index contributed by atoms with van der Waals surface area (Å²) < 4.78 is 51.4. The van der Waals surface area contributed by atoms with Crippen LogP contribution in [-0.4, -0.2) is 57.0 Å². The fourth-order valence-electron chi connectivity index (χ4n) is 3.29. The molecule has 1 atom stereocenters. The van der Waals surface area contributed by atoms with E-state index >= 15 is 0 Å². The molecule has 2 heterocycles. The smallest absolute Gasteiger partial charge is 0.349 e. The lowest BCUT2D eigenvalue weighted by Crippen LogP contribution is -2.40. The molecule has 174 valence electrons. The molecule has 33 heavy (non-hydrogen) atoms. The molecule has 0 radical (unpaired) electrons. The number of anilines is 1. The highest BCUT2D eigenvalue weighted by atomic mass is 32.2. The third-order valence-electron chi connectivity index (χ3n) is 5.05. The van der Waals surface area contributed by atoms with Crippen LogP contribution >= 0.6 is 11.3 Å². The van der Waals surface area contributed by atoms with Gasteiger partial charge in [-0.05, 0) is 48.7 Å². The molecular weight excluding hydrogens is 471 g/mol. The maximum atomic E-state index is 13.4. The summed E-state index contributed by atoms with van der Waals surface area (Å²) in [5.74, 6) is -1.73. The lowest BCUT2D eigenvalue weighted by Gasteiger charge is -2.26. The molecule has 0 aliphatic carbocycles. The zero-order chi connectivity index (χ0) is 23.6. The number of sulfonamides is 1. The molecule has 1 aliphatic heterocycles. The van der Waals surface area contributed by atoms with E-state index in [1.807, 2.05) is 0 Å². The highest BCUT2D eigenvalue weighted by Crippen LogP contribution is 2.27. The summed E-state index contributed by atoms with van der Waals surface area (Å²) in [6.07, 6.45) is -1.14. The number of carbonyl (C=O) groups excluding carboxylic acids is 2. The first-order chi connectivity index (χ1) is 15.7. The molecule has 1 fully saturated rings. The Labute approximate surface area is 194 Å². The minimum Gasteiger partial charge on any atom is -0.448 e. The van der Waals surface area contributed by atoms with Gasteiger partial charge in [-0.25, -0.2) is 17.6 Å². The lowest BCUT2D eigenvalue weighted by atomic mass is 10.2. The van der Waals surface area contributed by atoms with E-state index in [2.05, 4.69) is 5.32 Å². The molecule has 3 aromatic rings. The first-order valence-corrected chi connectivity index (χ1v) is 12.4. The number of carbonyl (C=O) groups is 2. The van der Waals surface area contributed by atoms with Crippen molar-refractivity contribution in [2.45, 2.75) is 17.9 Å². The second-order valence-corrected chi connectivity index (χ2v) is 10.4. The molecule has 0 spiro atoms. The van der Waals surface area contributed by atoms with E-state index in [0.717, 1.165) is 11.3 Å². The van der Waals surface area contributed by atoms with Gasteiger partial charge in [0.15, 0.2) is 6.10 Å². The number of thiophene rings is 1. The number of nitrogens with zero attached hydrogens (tertiary/aromatic N) is 1. The van der Waals surface area contributed by atoms with Crippen molar-refractivity contribution in [3.8, 4) is 0 Å². The third kappa shape index (κ3) is 5.22. The number of rotatable bonds is 6. The normalized spacial score (nSPS) is 15.8. The Morgan fingerprint density at radius 3 is 2.67 bits per heavy atom. The number of ether oxygens (including phenoxy) is 2. The van der Waals surface area contributed by atoms with Gasteiger partial charge in [-0.15, -0.1) is 11.3 Å². The highest BCUT2D eigenvalue weighted by molar-refractivity contribution is 7.89. The van der Waals surface area contributed by atoms with Crippen LogP contribution in [-0.2, 0) is 24.3 Å². The SMILES string of the molecule is C[C@H](OC(=O)c1cc2ccc(F)cc2s1)C(=O)Nc1cccc(S(=O)(=O)N2CCOCC2)c1. The van der Waals surface area contributed by atoms with Crippen molar-refractivity contribution in [1.82, 2.24) is 4.31 Å². The summed E-state index contributed by atoms with van der Waals surface area (Å²) in [6.45, 7) is 2.58. The quantitative estimate of drug-likeness (QED) is 0.530. The summed E-state index contributed by atoms with van der Waals surface area (Å²) in [5.41, 5.74) is 0.259. The van der Waals surface area contributed by atoms with Gasteiger partial charge >= 0.3 is 5.97 Å². The lowest BCUT2D eigenvalue weighted by molar-refractivity contribution is -0.123. The number of amides is 1. The van der Waals surface area contributed by atoms with Crippen molar-refractivity contribution in [3.63, 3.8) is 0 Å². The average molecular weight is 493 g/mol. The number of hydrogen-bond acceptors (Lipinski definition) is 7. The molecule has 4 rings (SSSR count). The predicted molar refractivity (Wildman–Crippen MR) is 121 cm³/mol. The van der Waals surface area contributed by atoms with Crippen LogP contribution in [0.3, 0.4) is 0 Å². The summed E-state index contributed by atoms with van der Waals surface area (Å²) in [6, 6.07) is 11.6. The van der Waals surface area contributed by atoms with Crippen LogP contribution in [0.1, 0.15) is 16.6 Å². The van der Waals surface area contributed by atoms with E-state index in [9.17, 15) is 22.4 Å². The van der Waals surface area contributed by atoms with Crippen LogP contribution in [0.4, 0.5) is 10.1 Å². The van der Waals surface area contributed by atoms with Crippen LogP contribution in [0.2, 0.25) is 0 Å². The van der Waals surface area contributed by atoms with Crippen molar-refractivity contribution in [1.29, 1.82) is 0 Å². The largest absolute Gasteiger partial charge is 0.448 e. The van der Waals surface area contributed by atoms with Crippen molar-refractivity contribution in [2.75, 3.05) is 31.6 Å². The minimum atomic E-state index is -3.72. The van der Waals surface area contributed by atoms with E-state index in [1.54, 1.807) is 18.2 Å². The zero-order valence-corrected chi connectivity index (χ0v) is 19.2. The Morgan fingerprint density at radius 1 is 1.15 bits per heavy atom. The zero-order valence-electron chi connectivity index (χ0n) is 17.6. The van der Waals surface area contributed by atoms with Gasteiger partial charge in [0.05, 0.1) is 18.1 Å². The second-order valence-electron chi connectivity index (χ2n) is 7.37. The van der Waals surface area contributed by atoms with Crippen molar-refractivity contribution in [2.24, 2.45) is 0 Å². The van der Waals surface area contributed by atoms with Gasteiger partial charge in [-0.2, -0.15) is 4.31 Å². The van der Waals surface area contributed by atoms with Crippen LogP contribution < -0.4 is 5.32 Å². The van der Waals surface area contributed by atoms with Gasteiger partial charge in [0.2, 0.25) is 10.0 Å². The maximum Gasteiger partial charge on any atom is 0.349 e. The van der Waals surface area contributed by atoms with Crippen LogP contribution in [0.15, 0.2) is 53.4 Å². The Bertz CT molecular complexity index is 1300. The second kappa shape index (κ2) is 9.56. The standard InChI is InChI=1S/C22H21FN2O6S2/c1-14(31-22(27)20-11-15-5-6-16(23)12-19(15)32-20)21(26)24-17-3-2-4-18(13-17)33(28,29)25-7-9-30-10-8-25/h2-6,11-14H,7-10H2,1H3,(H,24,26)/t14-/m0/s1. The van der Waals surface area contributed by atoms with Gasteiger partial charge < -0.3 is 14.8 Å². The van der Waals surface area contributed by atoms with Gasteiger partial charge in [0.25, 0.3) is 5.91 Å². The summed E-state index contributed by atoms with van der Waals surface area (Å²) in [4.78, 5) is 25.3. The fourth-order valence-corrected chi connectivity index (χ4v) is 5.72. The van der Waals surface area contributed by atoms with Crippen molar-refractivity contribution in [3.05, 3.63) is 59.2 Å². The molecule has 2 aromatic carbocycles. The van der Waals surface area contributed by atoms with Crippen molar-refractivity contribution >= 4 is 49.0 Å². The topological polar surface area (TPSA) is 102 Å². The summed E-state index contributed by atoms with van der Waals surface area (Å²) in [5, 5.41) is 3.28. The van der Waals surface area contributed by atoms with Gasteiger partial charge in [0, 0.05) is 23.5 Å². The van der Waals surface area contributed by atoms with Crippen molar-refractivity contribution < 1.29 is 31.9 Å². The number of halogens is 1. The van der Waals surface area contributed by atoms with E-state index in [-0.39, 0.29) is 28.5 Å². The van der Waals surface area contributed by atoms with Crippen LogP contribution in [0.5, 0.6) is 0 Å². The number of fused-ring (bicyclic) bond motifs is 1. The molecule has 0 unspecified atom stereocenters. The average Bonchev–Trinajstić information content (AvgIpc) is 3.23. The number of nitrogens with one attached hydrogen (secondary N) is 1. The summed E-state index contributed by atoms with van der Waals surface area (Å²) in [7, 11) is -3.72. The highest BCUT2D eigenvalue weighted by Gasteiger charge is 2.27. The van der Waals surface area contributed by atoms with Crippen LogP contribution in [0.25, 0.3) is 10.1 Å². The first-order valence-electron chi connectivity index (χ1n) is 10.1. The summed E-state index contributed by atoms with van der Waals surface area (Å²) >= 11 is 1.07. The van der Waals surface area contributed by atoms with E-state index < -0.39 is 33.8 Å². The molecule has 1 amide bonds. The third-order valence-corrected chi connectivity index (χ3v) is 8.02. The number of esters is 1. The molecule has 11 heteroatoms. The van der Waals surface area contributed by atoms with Gasteiger partial charge in [-0.1, -0.05) is 12.1 Å². The van der Waals surface area contributed by atoms with E-state index in [1.165, 1.54) is 41.6 Å². The monoisotopic (exact) mass is 492 g/mol. The van der Waals surface area contributed by atoms with E-state index in [0.29, 0.717) is 23.3 Å². The molecule has 1 saturated heterocycles. The molecule has 8 nitrogen and oxygen atoms in total. The van der Waals surface area contributed by atoms with Gasteiger partial charge in [0.1, 0.15) is 10.7 Å².